The van der Waals surface area contributed by atoms with E-state index in [1.54, 1.807) is 0 Å². The van der Waals surface area contributed by atoms with Crippen LogP contribution in [0, 0.1) is 11.8 Å². The van der Waals surface area contributed by atoms with Crippen LogP contribution in [0.1, 0.15) is 51.0 Å². The summed E-state index contributed by atoms with van der Waals surface area (Å²) in [4.78, 5) is 0. The molecule has 0 aromatic heterocycles. The van der Waals surface area contributed by atoms with E-state index in [1.165, 1.54) is 31.2 Å². The van der Waals surface area contributed by atoms with E-state index >= 15 is 0 Å². The fourth-order valence-electron chi connectivity index (χ4n) is 3.04. The summed E-state index contributed by atoms with van der Waals surface area (Å²) in [6.45, 7) is 4.47. The Balaban J connectivity index is 1.90. The Hall–Kier alpha value is -0.490. The van der Waals surface area contributed by atoms with E-state index < -0.39 is 0 Å². The van der Waals surface area contributed by atoms with Crippen molar-refractivity contribution in [2.75, 3.05) is 0 Å². The van der Waals surface area contributed by atoms with Crippen molar-refractivity contribution in [1.29, 1.82) is 0 Å². The Kier molecular flexibility index (Phi) is 4.50. The molecule has 2 rings (SSSR count). The standard InChI is InChI=1S/C16H23Cl/c1-12(2)16(17)15-10-8-14(9-11-15)13-6-4-3-5-7-13/h3-7,12,14-16H,8-11H2,1-2H3. The summed E-state index contributed by atoms with van der Waals surface area (Å²) in [6, 6.07) is 10.9. The molecule has 1 aliphatic rings. The smallest absolute Gasteiger partial charge is 0.0387 e. The molecule has 0 radical (unpaired) electrons. The van der Waals surface area contributed by atoms with E-state index in [2.05, 4.69) is 44.2 Å². The van der Waals surface area contributed by atoms with Crippen molar-refractivity contribution in [2.24, 2.45) is 11.8 Å². The molecular formula is C16H23Cl. The molecule has 17 heavy (non-hydrogen) atoms. The minimum absolute atomic E-state index is 0.367. The van der Waals surface area contributed by atoms with Gasteiger partial charge in [-0.2, -0.15) is 0 Å². The molecule has 0 bridgehead atoms. The second kappa shape index (κ2) is 5.91. The molecule has 0 nitrogen and oxygen atoms in total. The third-order valence-electron chi connectivity index (χ3n) is 4.13. The molecule has 1 fully saturated rings. The molecule has 0 aliphatic heterocycles. The van der Waals surface area contributed by atoms with Crippen molar-refractivity contribution in [3.63, 3.8) is 0 Å². The number of alkyl halides is 1. The minimum atomic E-state index is 0.367. The second-order valence-electron chi connectivity index (χ2n) is 5.71. The minimum Gasteiger partial charge on any atom is -0.122 e. The van der Waals surface area contributed by atoms with Crippen LogP contribution in [0.5, 0.6) is 0 Å². The fraction of sp³-hybridized carbons (Fsp3) is 0.625. The first-order chi connectivity index (χ1) is 8.18. The van der Waals surface area contributed by atoms with E-state index in [4.69, 9.17) is 11.6 Å². The molecule has 0 heterocycles. The lowest BCUT2D eigenvalue weighted by atomic mass is 9.76. The van der Waals surface area contributed by atoms with Gasteiger partial charge in [0.1, 0.15) is 0 Å². The lowest BCUT2D eigenvalue weighted by Gasteiger charge is -2.33. The maximum Gasteiger partial charge on any atom is 0.0387 e. The number of halogens is 1. The predicted molar refractivity (Wildman–Crippen MR) is 75.6 cm³/mol. The van der Waals surface area contributed by atoms with Crippen LogP contribution in [0.2, 0.25) is 0 Å². The summed E-state index contributed by atoms with van der Waals surface area (Å²) in [5.41, 5.74) is 1.52. The van der Waals surface area contributed by atoms with E-state index in [0.717, 1.165) is 11.8 Å². The van der Waals surface area contributed by atoms with Crippen LogP contribution in [-0.2, 0) is 0 Å². The van der Waals surface area contributed by atoms with Crippen molar-refractivity contribution in [3.05, 3.63) is 35.9 Å². The zero-order valence-electron chi connectivity index (χ0n) is 10.9. The van der Waals surface area contributed by atoms with Crippen LogP contribution in [0.25, 0.3) is 0 Å². The van der Waals surface area contributed by atoms with E-state index in [0.29, 0.717) is 11.3 Å². The second-order valence-corrected chi connectivity index (χ2v) is 6.21. The first-order valence-electron chi connectivity index (χ1n) is 6.87. The van der Waals surface area contributed by atoms with Crippen LogP contribution in [0.3, 0.4) is 0 Å². The van der Waals surface area contributed by atoms with Crippen LogP contribution in [-0.4, -0.2) is 5.38 Å². The Labute approximate surface area is 110 Å². The number of hydrogen-bond donors (Lipinski definition) is 0. The SMILES string of the molecule is CC(C)C(Cl)C1CCC(c2ccccc2)CC1. The highest BCUT2D eigenvalue weighted by atomic mass is 35.5. The molecule has 1 saturated carbocycles. The number of benzene rings is 1. The van der Waals surface area contributed by atoms with Crippen LogP contribution >= 0.6 is 11.6 Å². The van der Waals surface area contributed by atoms with Gasteiger partial charge in [0.25, 0.3) is 0 Å². The molecule has 0 amide bonds. The van der Waals surface area contributed by atoms with E-state index in [-0.39, 0.29) is 0 Å². The Morgan fingerprint density at radius 3 is 2.12 bits per heavy atom. The van der Waals surface area contributed by atoms with Crippen molar-refractivity contribution in [3.8, 4) is 0 Å². The zero-order chi connectivity index (χ0) is 12.3. The quantitative estimate of drug-likeness (QED) is 0.645. The normalized spacial score (nSPS) is 27.1. The molecule has 94 valence electrons. The third-order valence-corrected chi connectivity index (χ3v) is 4.99. The van der Waals surface area contributed by atoms with Gasteiger partial charge in [-0.25, -0.2) is 0 Å². The largest absolute Gasteiger partial charge is 0.122 e. The van der Waals surface area contributed by atoms with Gasteiger partial charge in [0, 0.05) is 5.38 Å². The number of rotatable bonds is 3. The Morgan fingerprint density at radius 2 is 1.59 bits per heavy atom. The van der Waals surface area contributed by atoms with Gasteiger partial charge < -0.3 is 0 Å². The summed E-state index contributed by atoms with van der Waals surface area (Å²) in [7, 11) is 0. The van der Waals surface area contributed by atoms with Crippen molar-refractivity contribution in [1.82, 2.24) is 0 Å². The third kappa shape index (κ3) is 3.25. The molecule has 0 N–H and O–H groups in total. The maximum atomic E-state index is 6.49. The maximum absolute atomic E-state index is 6.49. The Bertz CT molecular complexity index is 323. The summed E-state index contributed by atoms with van der Waals surface area (Å²) < 4.78 is 0. The highest BCUT2D eigenvalue weighted by molar-refractivity contribution is 6.20. The van der Waals surface area contributed by atoms with Crippen molar-refractivity contribution >= 4 is 11.6 Å². The molecule has 1 atom stereocenters. The Morgan fingerprint density at radius 1 is 1.00 bits per heavy atom. The van der Waals surface area contributed by atoms with E-state index in [1.807, 2.05) is 0 Å². The van der Waals surface area contributed by atoms with Crippen LogP contribution in [0.15, 0.2) is 30.3 Å². The molecule has 1 aromatic carbocycles. The summed E-state index contributed by atoms with van der Waals surface area (Å²) in [5, 5.41) is 0.367. The molecule has 1 unspecified atom stereocenters. The van der Waals surface area contributed by atoms with Gasteiger partial charge in [-0.15, -0.1) is 11.6 Å². The van der Waals surface area contributed by atoms with Gasteiger partial charge in [0.2, 0.25) is 0 Å². The summed E-state index contributed by atoms with van der Waals surface area (Å²) in [6.07, 6.45) is 5.22. The average molecular weight is 251 g/mol. The van der Waals surface area contributed by atoms with Gasteiger partial charge in [-0.1, -0.05) is 44.2 Å². The first-order valence-corrected chi connectivity index (χ1v) is 7.31. The van der Waals surface area contributed by atoms with Gasteiger partial charge in [0.15, 0.2) is 0 Å². The fourth-order valence-corrected chi connectivity index (χ4v) is 3.29. The molecule has 0 saturated heterocycles. The van der Waals surface area contributed by atoms with Gasteiger partial charge in [0.05, 0.1) is 0 Å². The molecular weight excluding hydrogens is 228 g/mol. The average Bonchev–Trinajstić information content (AvgIpc) is 2.39. The molecule has 1 aromatic rings. The van der Waals surface area contributed by atoms with Gasteiger partial charge >= 0.3 is 0 Å². The lowest BCUT2D eigenvalue weighted by Crippen LogP contribution is -2.25. The van der Waals surface area contributed by atoms with Crippen LogP contribution < -0.4 is 0 Å². The predicted octanol–water partition coefficient (Wildman–Crippen LogP) is 5.22. The highest BCUT2D eigenvalue weighted by Gasteiger charge is 2.28. The van der Waals surface area contributed by atoms with E-state index in [9.17, 15) is 0 Å². The van der Waals surface area contributed by atoms with Crippen molar-refractivity contribution in [2.45, 2.75) is 50.8 Å². The number of hydrogen-bond acceptors (Lipinski definition) is 0. The summed E-state index contributed by atoms with van der Waals surface area (Å²) >= 11 is 6.49. The first kappa shape index (κ1) is 13.0. The van der Waals surface area contributed by atoms with Gasteiger partial charge in [-0.05, 0) is 49.0 Å². The molecule has 1 heteroatoms. The lowest BCUT2D eigenvalue weighted by molar-refractivity contribution is 0.288. The zero-order valence-corrected chi connectivity index (χ0v) is 11.7. The summed E-state index contributed by atoms with van der Waals surface area (Å²) in [5.74, 6) is 2.11. The van der Waals surface area contributed by atoms with Crippen LogP contribution in [0.4, 0.5) is 0 Å². The van der Waals surface area contributed by atoms with Gasteiger partial charge in [-0.3, -0.25) is 0 Å². The van der Waals surface area contributed by atoms with Crippen molar-refractivity contribution < 1.29 is 0 Å². The highest BCUT2D eigenvalue weighted by Crippen LogP contribution is 2.39. The molecule has 1 aliphatic carbocycles. The monoisotopic (exact) mass is 250 g/mol. The molecule has 0 spiro atoms. The topological polar surface area (TPSA) is 0 Å².